The molecule has 1 nitrogen and oxygen atoms in total. The van der Waals surface area contributed by atoms with Crippen LogP contribution in [0, 0.1) is 5.82 Å². The number of aryl methyl sites for hydroxylation is 1. The second kappa shape index (κ2) is 5.67. The minimum atomic E-state index is -0.239. The lowest BCUT2D eigenvalue weighted by atomic mass is 9.96. The Kier molecular flexibility index (Phi) is 3.98. The van der Waals surface area contributed by atoms with Crippen LogP contribution in [0.25, 0.3) is 11.1 Å². The van der Waals surface area contributed by atoms with Gasteiger partial charge in [-0.1, -0.05) is 37.6 Å². The van der Waals surface area contributed by atoms with Crippen LogP contribution in [0.5, 0.6) is 5.75 Å². The molecular weight excluding hydrogens is 227 g/mol. The van der Waals surface area contributed by atoms with E-state index in [2.05, 4.69) is 13.0 Å². The molecule has 2 aromatic carbocycles. The van der Waals surface area contributed by atoms with Gasteiger partial charge < -0.3 is 4.74 Å². The highest BCUT2D eigenvalue weighted by molar-refractivity contribution is 5.73. The second-order valence-electron chi connectivity index (χ2n) is 4.25. The van der Waals surface area contributed by atoms with Gasteiger partial charge in [-0.2, -0.15) is 0 Å². The maximum absolute atomic E-state index is 13.4. The van der Waals surface area contributed by atoms with Crippen LogP contribution in [0.2, 0.25) is 0 Å². The number of hydrogen-bond donors (Lipinski definition) is 0. The Morgan fingerprint density at radius 1 is 1.06 bits per heavy atom. The lowest BCUT2D eigenvalue weighted by molar-refractivity contribution is 0.415. The van der Waals surface area contributed by atoms with Crippen molar-refractivity contribution in [2.24, 2.45) is 0 Å². The smallest absolute Gasteiger partial charge is 0.126 e. The number of rotatable bonds is 4. The maximum Gasteiger partial charge on any atom is 0.126 e. The lowest BCUT2D eigenvalue weighted by Gasteiger charge is -2.12. The standard InChI is InChI=1S/C16H17FO/c1-3-6-12-7-4-5-8-14(12)15-11-13(17)9-10-16(15)18-2/h4-5,7-11H,3,6H2,1-2H3. The third-order valence-electron chi connectivity index (χ3n) is 2.99. The summed E-state index contributed by atoms with van der Waals surface area (Å²) in [5.41, 5.74) is 3.10. The molecule has 0 saturated heterocycles. The second-order valence-corrected chi connectivity index (χ2v) is 4.25. The highest BCUT2D eigenvalue weighted by atomic mass is 19.1. The molecule has 18 heavy (non-hydrogen) atoms. The molecule has 0 aliphatic carbocycles. The molecule has 0 atom stereocenters. The number of methoxy groups -OCH3 is 1. The predicted molar refractivity (Wildman–Crippen MR) is 72.4 cm³/mol. The fourth-order valence-electron chi connectivity index (χ4n) is 2.16. The molecule has 0 unspecified atom stereocenters. The summed E-state index contributed by atoms with van der Waals surface area (Å²) in [5, 5.41) is 0. The number of benzene rings is 2. The Hall–Kier alpha value is -1.83. The first kappa shape index (κ1) is 12.6. The van der Waals surface area contributed by atoms with Crippen molar-refractivity contribution in [3.63, 3.8) is 0 Å². The van der Waals surface area contributed by atoms with E-state index in [4.69, 9.17) is 4.74 Å². The van der Waals surface area contributed by atoms with Crippen LogP contribution in [0.15, 0.2) is 42.5 Å². The van der Waals surface area contributed by atoms with Crippen molar-refractivity contribution < 1.29 is 9.13 Å². The van der Waals surface area contributed by atoms with E-state index in [-0.39, 0.29) is 5.82 Å². The molecule has 0 saturated carbocycles. The first-order valence-electron chi connectivity index (χ1n) is 6.18. The van der Waals surface area contributed by atoms with Crippen LogP contribution in [-0.2, 0) is 6.42 Å². The summed E-state index contributed by atoms with van der Waals surface area (Å²) in [7, 11) is 1.61. The zero-order valence-electron chi connectivity index (χ0n) is 10.7. The van der Waals surface area contributed by atoms with Crippen molar-refractivity contribution in [3.05, 3.63) is 53.8 Å². The molecular formula is C16H17FO. The first-order chi connectivity index (χ1) is 8.76. The minimum Gasteiger partial charge on any atom is -0.496 e. The van der Waals surface area contributed by atoms with Gasteiger partial charge in [0.25, 0.3) is 0 Å². The van der Waals surface area contributed by atoms with E-state index in [0.717, 1.165) is 24.0 Å². The molecule has 0 heterocycles. The summed E-state index contributed by atoms with van der Waals surface area (Å²) in [4.78, 5) is 0. The van der Waals surface area contributed by atoms with Gasteiger partial charge in [0.15, 0.2) is 0 Å². The topological polar surface area (TPSA) is 9.23 Å². The van der Waals surface area contributed by atoms with Gasteiger partial charge >= 0.3 is 0 Å². The average Bonchev–Trinajstić information content (AvgIpc) is 2.40. The van der Waals surface area contributed by atoms with Crippen molar-refractivity contribution in [2.45, 2.75) is 19.8 Å². The molecule has 94 valence electrons. The summed E-state index contributed by atoms with van der Waals surface area (Å²) < 4.78 is 18.8. The van der Waals surface area contributed by atoms with E-state index in [0.29, 0.717) is 5.75 Å². The zero-order valence-corrected chi connectivity index (χ0v) is 10.7. The number of halogens is 1. The van der Waals surface area contributed by atoms with Crippen LogP contribution < -0.4 is 4.74 Å². The molecule has 0 aromatic heterocycles. The SMILES string of the molecule is CCCc1ccccc1-c1cc(F)ccc1OC. The third-order valence-corrected chi connectivity index (χ3v) is 2.99. The molecule has 2 aromatic rings. The van der Waals surface area contributed by atoms with Crippen molar-refractivity contribution in [1.29, 1.82) is 0 Å². The Morgan fingerprint density at radius 2 is 1.83 bits per heavy atom. The third kappa shape index (κ3) is 2.53. The summed E-state index contributed by atoms with van der Waals surface area (Å²) >= 11 is 0. The van der Waals surface area contributed by atoms with Crippen molar-refractivity contribution in [1.82, 2.24) is 0 Å². The van der Waals surface area contributed by atoms with Gasteiger partial charge in [0.05, 0.1) is 7.11 Å². The normalized spacial score (nSPS) is 10.4. The van der Waals surface area contributed by atoms with Crippen LogP contribution in [0.1, 0.15) is 18.9 Å². The fraction of sp³-hybridized carbons (Fsp3) is 0.250. The van der Waals surface area contributed by atoms with Crippen LogP contribution in [0.3, 0.4) is 0 Å². The summed E-state index contributed by atoms with van der Waals surface area (Å²) in [5.74, 6) is 0.469. The zero-order chi connectivity index (χ0) is 13.0. The van der Waals surface area contributed by atoms with Gasteiger partial charge in [0.1, 0.15) is 11.6 Å². The number of hydrogen-bond acceptors (Lipinski definition) is 1. The lowest BCUT2D eigenvalue weighted by Crippen LogP contribution is -1.93. The average molecular weight is 244 g/mol. The Morgan fingerprint density at radius 3 is 2.56 bits per heavy atom. The van der Waals surface area contributed by atoms with Crippen LogP contribution in [0.4, 0.5) is 4.39 Å². The highest BCUT2D eigenvalue weighted by Crippen LogP contribution is 2.33. The van der Waals surface area contributed by atoms with Crippen molar-refractivity contribution >= 4 is 0 Å². The number of ether oxygens (including phenoxy) is 1. The van der Waals surface area contributed by atoms with E-state index in [9.17, 15) is 4.39 Å². The Balaban J connectivity index is 2.57. The fourth-order valence-corrected chi connectivity index (χ4v) is 2.16. The Labute approximate surface area is 107 Å². The largest absolute Gasteiger partial charge is 0.496 e. The van der Waals surface area contributed by atoms with E-state index >= 15 is 0 Å². The molecule has 2 rings (SSSR count). The summed E-state index contributed by atoms with van der Waals surface area (Å²) in [6.07, 6.45) is 2.05. The molecule has 0 bridgehead atoms. The Bertz CT molecular complexity index is 534. The van der Waals surface area contributed by atoms with Gasteiger partial charge in [0, 0.05) is 5.56 Å². The molecule has 0 aliphatic heterocycles. The van der Waals surface area contributed by atoms with E-state index in [1.54, 1.807) is 13.2 Å². The summed E-state index contributed by atoms with van der Waals surface area (Å²) in [6.45, 7) is 2.14. The first-order valence-corrected chi connectivity index (χ1v) is 6.18. The van der Waals surface area contributed by atoms with Crippen LogP contribution >= 0.6 is 0 Å². The van der Waals surface area contributed by atoms with Crippen LogP contribution in [-0.4, -0.2) is 7.11 Å². The molecule has 0 aliphatic rings. The highest BCUT2D eigenvalue weighted by Gasteiger charge is 2.10. The molecule has 0 fully saturated rings. The van der Waals surface area contributed by atoms with Gasteiger partial charge in [-0.3, -0.25) is 0 Å². The monoisotopic (exact) mass is 244 g/mol. The van der Waals surface area contributed by atoms with Gasteiger partial charge in [-0.15, -0.1) is 0 Å². The quantitative estimate of drug-likeness (QED) is 0.771. The molecule has 0 spiro atoms. The van der Waals surface area contributed by atoms with E-state index in [1.165, 1.54) is 17.7 Å². The van der Waals surface area contributed by atoms with E-state index in [1.807, 2.05) is 18.2 Å². The predicted octanol–water partition coefficient (Wildman–Crippen LogP) is 4.45. The van der Waals surface area contributed by atoms with E-state index < -0.39 is 0 Å². The van der Waals surface area contributed by atoms with Crippen molar-refractivity contribution in [3.8, 4) is 16.9 Å². The molecule has 0 amide bonds. The molecule has 0 radical (unpaired) electrons. The molecule has 0 N–H and O–H groups in total. The van der Waals surface area contributed by atoms with Gasteiger partial charge in [-0.05, 0) is 35.7 Å². The maximum atomic E-state index is 13.4. The van der Waals surface area contributed by atoms with Gasteiger partial charge in [0.2, 0.25) is 0 Å². The van der Waals surface area contributed by atoms with Gasteiger partial charge in [-0.25, -0.2) is 4.39 Å². The van der Waals surface area contributed by atoms with Crippen molar-refractivity contribution in [2.75, 3.05) is 7.11 Å². The molecule has 2 heteroatoms. The minimum absolute atomic E-state index is 0.239. The summed E-state index contributed by atoms with van der Waals surface area (Å²) in [6, 6.07) is 12.7.